The number of aliphatic hydroxyl groups excluding tert-OH is 1. The lowest BCUT2D eigenvalue weighted by Gasteiger charge is -2.19. The van der Waals surface area contributed by atoms with Gasteiger partial charge in [-0.05, 0) is 6.42 Å². The van der Waals surface area contributed by atoms with Gasteiger partial charge < -0.3 is 9.84 Å². The van der Waals surface area contributed by atoms with Crippen molar-refractivity contribution < 1.29 is 14.6 Å². The first-order valence-electron chi connectivity index (χ1n) is 3.82. The van der Waals surface area contributed by atoms with E-state index in [2.05, 4.69) is 6.58 Å². The standard InChI is InChI=1S/C8H12Cl2O3/c1-3-5(11)6(4-2)13-8(12)7(9)10/h3,5-7,11H,1,4H2,2H3. The second kappa shape index (κ2) is 6.24. The Balaban J connectivity index is 4.12. The molecular weight excluding hydrogens is 215 g/mol. The highest BCUT2D eigenvalue weighted by Gasteiger charge is 2.22. The Morgan fingerprint density at radius 3 is 2.54 bits per heavy atom. The topological polar surface area (TPSA) is 46.5 Å². The largest absolute Gasteiger partial charge is 0.457 e. The van der Waals surface area contributed by atoms with E-state index >= 15 is 0 Å². The van der Waals surface area contributed by atoms with Crippen molar-refractivity contribution in [3.63, 3.8) is 0 Å². The van der Waals surface area contributed by atoms with Crippen molar-refractivity contribution in [2.45, 2.75) is 30.4 Å². The van der Waals surface area contributed by atoms with Gasteiger partial charge in [0.15, 0.2) is 0 Å². The van der Waals surface area contributed by atoms with Crippen LogP contribution in [0.25, 0.3) is 0 Å². The quantitative estimate of drug-likeness (QED) is 0.441. The highest BCUT2D eigenvalue weighted by Crippen LogP contribution is 2.11. The van der Waals surface area contributed by atoms with Gasteiger partial charge in [-0.3, -0.25) is 0 Å². The minimum atomic E-state index is -1.22. The molecule has 1 N–H and O–H groups in total. The number of esters is 1. The van der Waals surface area contributed by atoms with Gasteiger partial charge in [0.05, 0.1) is 0 Å². The third-order valence-electron chi connectivity index (χ3n) is 1.47. The molecule has 0 aliphatic rings. The van der Waals surface area contributed by atoms with Gasteiger partial charge in [0, 0.05) is 0 Å². The minimum absolute atomic E-state index is 0.472. The molecule has 0 bridgehead atoms. The first-order chi connectivity index (χ1) is 6.02. The monoisotopic (exact) mass is 226 g/mol. The van der Waals surface area contributed by atoms with Crippen molar-refractivity contribution in [2.75, 3.05) is 0 Å². The molecule has 0 aliphatic heterocycles. The van der Waals surface area contributed by atoms with Crippen LogP contribution in [0.2, 0.25) is 0 Å². The maximum Gasteiger partial charge on any atom is 0.339 e. The van der Waals surface area contributed by atoms with Gasteiger partial charge in [0.1, 0.15) is 12.2 Å². The van der Waals surface area contributed by atoms with Crippen LogP contribution in [0.3, 0.4) is 0 Å². The van der Waals surface area contributed by atoms with Crippen LogP contribution in [0.5, 0.6) is 0 Å². The number of halogens is 2. The highest BCUT2D eigenvalue weighted by molar-refractivity contribution is 6.52. The fraction of sp³-hybridized carbons (Fsp3) is 0.625. The second-order valence-electron chi connectivity index (χ2n) is 2.41. The van der Waals surface area contributed by atoms with E-state index in [0.29, 0.717) is 6.42 Å². The van der Waals surface area contributed by atoms with E-state index in [-0.39, 0.29) is 0 Å². The molecular formula is C8H12Cl2O3. The number of ether oxygens (including phenoxy) is 1. The van der Waals surface area contributed by atoms with E-state index < -0.39 is 23.0 Å². The normalized spacial score (nSPS) is 15.2. The first kappa shape index (κ1) is 12.8. The molecule has 0 heterocycles. The molecule has 0 aromatic heterocycles. The molecule has 0 fully saturated rings. The van der Waals surface area contributed by atoms with Crippen LogP contribution in [0.1, 0.15) is 13.3 Å². The lowest BCUT2D eigenvalue weighted by Crippen LogP contribution is -2.31. The lowest BCUT2D eigenvalue weighted by molar-refractivity contribution is -0.151. The van der Waals surface area contributed by atoms with Crippen LogP contribution < -0.4 is 0 Å². The maximum absolute atomic E-state index is 10.9. The van der Waals surface area contributed by atoms with E-state index in [1.807, 2.05) is 0 Å². The zero-order valence-corrected chi connectivity index (χ0v) is 8.76. The van der Waals surface area contributed by atoms with E-state index in [1.165, 1.54) is 6.08 Å². The maximum atomic E-state index is 10.9. The first-order valence-corrected chi connectivity index (χ1v) is 4.69. The smallest absolute Gasteiger partial charge is 0.339 e. The minimum Gasteiger partial charge on any atom is -0.457 e. The molecule has 2 atom stereocenters. The third-order valence-corrected chi connectivity index (χ3v) is 1.83. The summed E-state index contributed by atoms with van der Waals surface area (Å²) in [5.74, 6) is -0.754. The Morgan fingerprint density at radius 1 is 1.69 bits per heavy atom. The molecule has 13 heavy (non-hydrogen) atoms. The van der Waals surface area contributed by atoms with Crippen LogP contribution in [0, 0.1) is 0 Å². The molecule has 2 unspecified atom stereocenters. The SMILES string of the molecule is C=CC(O)C(CC)OC(=O)C(Cl)Cl. The third kappa shape index (κ3) is 4.50. The molecule has 0 saturated carbocycles. The zero-order chi connectivity index (χ0) is 10.4. The van der Waals surface area contributed by atoms with Crippen molar-refractivity contribution in [3.8, 4) is 0 Å². The molecule has 0 rings (SSSR count). The van der Waals surface area contributed by atoms with Crippen LogP contribution in [0.4, 0.5) is 0 Å². The summed E-state index contributed by atoms with van der Waals surface area (Å²) in [5, 5.41) is 9.27. The summed E-state index contributed by atoms with van der Waals surface area (Å²) in [5.41, 5.74) is 0. The molecule has 0 saturated heterocycles. The van der Waals surface area contributed by atoms with Crippen LogP contribution in [-0.2, 0) is 9.53 Å². The molecule has 0 aromatic carbocycles. The molecule has 0 aliphatic carbocycles. The Bertz CT molecular complexity index is 182. The summed E-state index contributed by atoms with van der Waals surface area (Å²) < 4.78 is 4.79. The van der Waals surface area contributed by atoms with Crippen molar-refractivity contribution in [2.24, 2.45) is 0 Å². The molecule has 76 valence electrons. The van der Waals surface area contributed by atoms with Gasteiger partial charge in [-0.2, -0.15) is 0 Å². The molecule has 0 radical (unpaired) electrons. The van der Waals surface area contributed by atoms with Gasteiger partial charge in [0.2, 0.25) is 4.84 Å². The number of rotatable bonds is 5. The summed E-state index contributed by atoms with van der Waals surface area (Å²) in [7, 11) is 0. The van der Waals surface area contributed by atoms with Crippen molar-refractivity contribution in [1.29, 1.82) is 0 Å². The Kier molecular flexibility index (Phi) is 6.12. The molecule has 0 aromatic rings. The summed E-state index contributed by atoms with van der Waals surface area (Å²) in [6, 6.07) is 0. The average Bonchev–Trinajstić information content (AvgIpc) is 2.12. The van der Waals surface area contributed by atoms with Gasteiger partial charge in [-0.15, -0.1) is 6.58 Å². The predicted octanol–water partition coefficient (Wildman–Crippen LogP) is 1.66. The van der Waals surface area contributed by atoms with Crippen molar-refractivity contribution in [1.82, 2.24) is 0 Å². The van der Waals surface area contributed by atoms with E-state index in [4.69, 9.17) is 27.9 Å². The van der Waals surface area contributed by atoms with Gasteiger partial charge in [-0.25, -0.2) is 4.79 Å². The number of carbonyl (C=O) groups is 1. The van der Waals surface area contributed by atoms with Crippen LogP contribution >= 0.6 is 23.2 Å². The summed E-state index contributed by atoms with van der Waals surface area (Å²) in [6.45, 7) is 5.14. The predicted molar refractivity (Wildman–Crippen MR) is 51.9 cm³/mol. The summed E-state index contributed by atoms with van der Waals surface area (Å²) in [4.78, 5) is 9.68. The highest BCUT2D eigenvalue weighted by atomic mass is 35.5. The van der Waals surface area contributed by atoms with Crippen LogP contribution in [0.15, 0.2) is 12.7 Å². The Morgan fingerprint density at radius 2 is 2.23 bits per heavy atom. The number of alkyl halides is 2. The fourth-order valence-electron chi connectivity index (χ4n) is 0.747. The molecule has 0 amide bonds. The molecule has 5 heteroatoms. The zero-order valence-electron chi connectivity index (χ0n) is 7.24. The van der Waals surface area contributed by atoms with E-state index in [9.17, 15) is 9.90 Å². The van der Waals surface area contributed by atoms with Gasteiger partial charge >= 0.3 is 5.97 Å². The average molecular weight is 227 g/mol. The Labute approximate surface area is 87.3 Å². The molecule has 3 nitrogen and oxygen atoms in total. The molecule has 0 spiro atoms. The van der Waals surface area contributed by atoms with E-state index in [1.54, 1.807) is 6.92 Å². The number of aliphatic hydroxyl groups is 1. The fourth-order valence-corrected chi connectivity index (χ4v) is 0.850. The second-order valence-corrected chi connectivity index (χ2v) is 3.51. The summed E-state index contributed by atoms with van der Waals surface area (Å²) in [6.07, 6.45) is 0.240. The summed E-state index contributed by atoms with van der Waals surface area (Å²) >= 11 is 10.5. The lowest BCUT2D eigenvalue weighted by atomic mass is 10.1. The Hall–Kier alpha value is -0.250. The van der Waals surface area contributed by atoms with Crippen molar-refractivity contribution in [3.05, 3.63) is 12.7 Å². The number of hydrogen-bond donors (Lipinski definition) is 1. The number of carbonyl (C=O) groups excluding carboxylic acids is 1. The van der Waals surface area contributed by atoms with Crippen LogP contribution in [-0.4, -0.2) is 28.1 Å². The van der Waals surface area contributed by atoms with Crippen molar-refractivity contribution >= 4 is 29.2 Å². The van der Waals surface area contributed by atoms with Gasteiger partial charge in [0.25, 0.3) is 0 Å². The van der Waals surface area contributed by atoms with E-state index in [0.717, 1.165) is 0 Å². The van der Waals surface area contributed by atoms with Gasteiger partial charge in [-0.1, -0.05) is 36.2 Å². The number of hydrogen-bond acceptors (Lipinski definition) is 3.